The summed E-state index contributed by atoms with van der Waals surface area (Å²) in [6.45, 7) is 0. The second kappa shape index (κ2) is 7.31. The van der Waals surface area contributed by atoms with Crippen LogP contribution in [0.2, 0.25) is 0 Å². The van der Waals surface area contributed by atoms with E-state index in [1.807, 2.05) is 4.98 Å². The van der Waals surface area contributed by atoms with Gasteiger partial charge in [-0.2, -0.15) is 10.2 Å². The molecule has 0 spiro atoms. The Morgan fingerprint density at radius 1 is 1.41 bits per heavy atom. The monoisotopic (exact) mass is 323 g/mol. The van der Waals surface area contributed by atoms with Crippen molar-refractivity contribution in [2.24, 2.45) is 5.10 Å². The molecule has 0 radical (unpaired) electrons. The zero-order valence-corrected chi connectivity index (χ0v) is 11.8. The van der Waals surface area contributed by atoms with E-state index < -0.39 is 23.0 Å². The molecule has 1 aromatic heterocycles. The minimum Gasteiger partial charge on any atom is -0.272 e. The van der Waals surface area contributed by atoms with Gasteiger partial charge >= 0.3 is 5.69 Å². The van der Waals surface area contributed by atoms with Crippen LogP contribution in [0, 0.1) is 5.82 Å². The highest BCUT2D eigenvalue weighted by molar-refractivity contribution is 7.99. The highest BCUT2D eigenvalue weighted by Gasteiger charge is 2.07. The number of H-pyrrole nitrogens is 2. The first kappa shape index (κ1) is 15.6. The lowest BCUT2D eigenvalue weighted by Gasteiger charge is -1.99. The van der Waals surface area contributed by atoms with E-state index in [0.29, 0.717) is 0 Å². The van der Waals surface area contributed by atoms with Crippen LogP contribution in [0.1, 0.15) is 5.56 Å². The van der Waals surface area contributed by atoms with E-state index in [1.54, 1.807) is 6.07 Å². The van der Waals surface area contributed by atoms with Gasteiger partial charge in [-0.25, -0.2) is 19.7 Å². The molecule has 8 nitrogen and oxygen atoms in total. The van der Waals surface area contributed by atoms with Gasteiger partial charge in [0.1, 0.15) is 5.82 Å². The van der Waals surface area contributed by atoms with E-state index in [4.69, 9.17) is 0 Å². The van der Waals surface area contributed by atoms with Crippen molar-refractivity contribution in [1.82, 2.24) is 20.6 Å². The van der Waals surface area contributed by atoms with Gasteiger partial charge < -0.3 is 0 Å². The zero-order chi connectivity index (χ0) is 15.9. The predicted molar refractivity (Wildman–Crippen MR) is 78.3 cm³/mol. The Balaban J connectivity index is 1.87. The number of amides is 1. The number of rotatable bonds is 5. The molecule has 2 rings (SSSR count). The molecule has 0 unspecified atom stereocenters. The third-order valence-corrected chi connectivity index (χ3v) is 3.28. The van der Waals surface area contributed by atoms with Crippen molar-refractivity contribution in [2.45, 2.75) is 5.03 Å². The van der Waals surface area contributed by atoms with E-state index in [2.05, 4.69) is 20.7 Å². The summed E-state index contributed by atoms with van der Waals surface area (Å²) in [6, 6.07) is 5.95. The van der Waals surface area contributed by atoms with E-state index in [0.717, 1.165) is 11.8 Å². The summed E-state index contributed by atoms with van der Waals surface area (Å²) in [5.41, 5.74) is 1.01. The standard InChI is InChI=1S/C12H10FN5O3S/c13-8-4-2-1-3-7(8)5-14-16-9(19)6-22-11-10(20)15-12(21)18-17-11/h1-5H,6H2,(H,16,19)(H2,15,18,20,21). The zero-order valence-electron chi connectivity index (χ0n) is 11.0. The highest BCUT2D eigenvalue weighted by atomic mass is 32.2. The Morgan fingerprint density at radius 3 is 2.91 bits per heavy atom. The summed E-state index contributed by atoms with van der Waals surface area (Å²) in [5, 5.41) is 9.11. The van der Waals surface area contributed by atoms with Gasteiger partial charge in [0.15, 0.2) is 5.03 Å². The Labute approximate surface area is 126 Å². The first-order valence-electron chi connectivity index (χ1n) is 5.94. The molecule has 2 aromatic rings. The molecule has 0 atom stereocenters. The van der Waals surface area contributed by atoms with Gasteiger partial charge in [0.25, 0.3) is 5.56 Å². The van der Waals surface area contributed by atoms with Crippen LogP contribution in [-0.2, 0) is 4.79 Å². The van der Waals surface area contributed by atoms with Crippen molar-refractivity contribution in [3.8, 4) is 0 Å². The highest BCUT2D eigenvalue weighted by Crippen LogP contribution is 2.07. The lowest BCUT2D eigenvalue weighted by atomic mass is 10.2. The Kier molecular flexibility index (Phi) is 5.20. The topological polar surface area (TPSA) is 120 Å². The number of nitrogens with one attached hydrogen (secondary N) is 3. The minimum atomic E-state index is -0.728. The van der Waals surface area contributed by atoms with Crippen LogP contribution in [0.3, 0.4) is 0 Å². The Hall–Kier alpha value is -2.75. The van der Waals surface area contributed by atoms with Crippen molar-refractivity contribution in [3.05, 3.63) is 56.5 Å². The lowest BCUT2D eigenvalue weighted by molar-refractivity contribution is -0.118. The molecule has 22 heavy (non-hydrogen) atoms. The average molecular weight is 323 g/mol. The number of hydrogen-bond acceptors (Lipinski definition) is 6. The molecule has 0 aliphatic heterocycles. The predicted octanol–water partition coefficient (Wildman–Crippen LogP) is -0.160. The first-order chi connectivity index (χ1) is 10.6. The van der Waals surface area contributed by atoms with Crippen LogP contribution < -0.4 is 16.7 Å². The molecule has 0 bridgehead atoms. The van der Waals surface area contributed by atoms with Crippen LogP contribution in [0.4, 0.5) is 4.39 Å². The first-order valence-corrected chi connectivity index (χ1v) is 6.93. The quantitative estimate of drug-likeness (QED) is 0.401. The minimum absolute atomic E-state index is 0.0483. The Morgan fingerprint density at radius 2 is 2.18 bits per heavy atom. The molecule has 1 amide bonds. The average Bonchev–Trinajstić information content (AvgIpc) is 2.48. The Bertz CT molecular complexity index is 817. The van der Waals surface area contributed by atoms with E-state index >= 15 is 0 Å². The van der Waals surface area contributed by atoms with Crippen molar-refractivity contribution in [1.29, 1.82) is 0 Å². The molecule has 0 aliphatic rings. The molecule has 1 heterocycles. The van der Waals surface area contributed by atoms with Crippen LogP contribution in [-0.4, -0.2) is 33.1 Å². The van der Waals surface area contributed by atoms with Crippen LogP contribution in [0.15, 0.2) is 44.0 Å². The fourth-order valence-electron chi connectivity index (χ4n) is 1.35. The SMILES string of the molecule is O=C(CSc1n[nH]c(=O)[nH]c1=O)NN=Cc1ccccc1F. The van der Waals surface area contributed by atoms with Crippen molar-refractivity contribution < 1.29 is 9.18 Å². The number of aromatic nitrogens is 3. The van der Waals surface area contributed by atoms with E-state index in [1.165, 1.54) is 24.4 Å². The second-order valence-corrected chi connectivity index (χ2v) is 4.88. The third-order valence-electron chi connectivity index (χ3n) is 2.32. The summed E-state index contributed by atoms with van der Waals surface area (Å²) in [6.07, 6.45) is 1.17. The summed E-state index contributed by atoms with van der Waals surface area (Å²) in [5.74, 6) is -1.11. The van der Waals surface area contributed by atoms with Crippen LogP contribution >= 0.6 is 11.8 Å². The van der Waals surface area contributed by atoms with Gasteiger partial charge in [-0.15, -0.1) is 0 Å². The number of halogens is 1. The maximum atomic E-state index is 13.3. The van der Waals surface area contributed by atoms with Crippen LogP contribution in [0.25, 0.3) is 0 Å². The summed E-state index contributed by atoms with van der Waals surface area (Å²) < 4.78 is 13.3. The number of carbonyl (C=O) groups excluding carboxylic acids is 1. The number of carbonyl (C=O) groups is 1. The summed E-state index contributed by atoms with van der Waals surface area (Å²) in [4.78, 5) is 35.6. The normalized spacial score (nSPS) is 10.8. The number of aromatic amines is 2. The summed E-state index contributed by atoms with van der Waals surface area (Å²) >= 11 is 0.828. The third kappa shape index (κ3) is 4.38. The smallest absolute Gasteiger partial charge is 0.272 e. The van der Waals surface area contributed by atoms with Gasteiger partial charge in [-0.3, -0.25) is 14.6 Å². The molecule has 0 aliphatic carbocycles. The molecule has 0 saturated heterocycles. The maximum absolute atomic E-state index is 13.3. The molecular formula is C12H10FN5O3S. The maximum Gasteiger partial charge on any atom is 0.342 e. The number of hydrogen-bond donors (Lipinski definition) is 3. The second-order valence-electron chi connectivity index (χ2n) is 3.92. The molecule has 1 aromatic carbocycles. The van der Waals surface area contributed by atoms with Crippen molar-refractivity contribution >= 4 is 23.9 Å². The summed E-state index contributed by atoms with van der Waals surface area (Å²) in [7, 11) is 0. The molecular weight excluding hydrogens is 313 g/mol. The molecule has 10 heteroatoms. The van der Waals surface area contributed by atoms with Gasteiger partial charge in [0.2, 0.25) is 5.91 Å². The molecule has 114 valence electrons. The molecule has 3 N–H and O–H groups in total. The van der Waals surface area contributed by atoms with Gasteiger partial charge in [-0.05, 0) is 6.07 Å². The number of benzene rings is 1. The van der Waals surface area contributed by atoms with E-state index in [9.17, 15) is 18.8 Å². The fraction of sp³-hybridized carbons (Fsp3) is 0.0833. The van der Waals surface area contributed by atoms with Crippen molar-refractivity contribution in [3.63, 3.8) is 0 Å². The van der Waals surface area contributed by atoms with E-state index in [-0.39, 0.29) is 16.3 Å². The van der Waals surface area contributed by atoms with Gasteiger partial charge in [0, 0.05) is 5.56 Å². The van der Waals surface area contributed by atoms with Crippen molar-refractivity contribution in [2.75, 3.05) is 5.75 Å². The van der Waals surface area contributed by atoms with Gasteiger partial charge in [-0.1, -0.05) is 30.0 Å². The fourth-order valence-corrected chi connectivity index (χ4v) is 1.98. The number of nitrogens with zero attached hydrogens (tertiary/aromatic N) is 2. The number of thioether (sulfide) groups is 1. The van der Waals surface area contributed by atoms with Crippen LogP contribution in [0.5, 0.6) is 0 Å². The largest absolute Gasteiger partial charge is 0.342 e. The molecule has 0 fully saturated rings. The molecule has 0 saturated carbocycles. The van der Waals surface area contributed by atoms with Gasteiger partial charge in [0.05, 0.1) is 12.0 Å². The lowest BCUT2D eigenvalue weighted by Crippen LogP contribution is -2.26. The number of hydrazone groups is 1.